The maximum absolute atomic E-state index is 12.1. The SMILES string of the molecule is CN=C(NCCCCC(F)(F)F)NCc1ccc(C)cc1OCC1CC1. The van der Waals surface area contributed by atoms with Gasteiger partial charge in [-0.2, -0.15) is 13.2 Å². The summed E-state index contributed by atoms with van der Waals surface area (Å²) in [6.07, 6.45) is -1.78. The van der Waals surface area contributed by atoms with Gasteiger partial charge < -0.3 is 15.4 Å². The lowest BCUT2D eigenvalue weighted by Crippen LogP contribution is -2.37. The fourth-order valence-electron chi connectivity index (χ4n) is 2.49. The molecule has 0 atom stereocenters. The number of ether oxygens (including phenoxy) is 1. The van der Waals surface area contributed by atoms with Gasteiger partial charge >= 0.3 is 6.18 Å². The van der Waals surface area contributed by atoms with Crippen LogP contribution < -0.4 is 15.4 Å². The normalized spacial score (nSPS) is 15.0. The van der Waals surface area contributed by atoms with Crippen molar-refractivity contribution >= 4 is 5.96 Å². The van der Waals surface area contributed by atoms with Crippen LogP contribution >= 0.6 is 0 Å². The Morgan fingerprint density at radius 1 is 1.23 bits per heavy atom. The summed E-state index contributed by atoms with van der Waals surface area (Å²) in [6, 6.07) is 6.10. The van der Waals surface area contributed by atoms with E-state index in [9.17, 15) is 13.2 Å². The number of benzene rings is 1. The van der Waals surface area contributed by atoms with E-state index in [1.54, 1.807) is 7.05 Å². The zero-order valence-corrected chi connectivity index (χ0v) is 15.5. The molecule has 0 unspecified atom stereocenters. The van der Waals surface area contributed by atoms with Gasteiger partial charge in [0.15, 0.2) is 5.96 Å². The van der Waals surface area contributed by atoms with Crippen molar-refractivity contribution in [2.24, 2.45) is 10.9 Å². The van der Waals surface area contributed by atoms with Crippen LogP contribution in [0.4, 0.5) is 13.2 Å². The highest BCUT2D eigenvalue weighted by Gasteiger charge is 2.25. The standard InChI is InChI=1S/C19H28F3N3O/c1-14-5-8-16(17(11-14)26-13-15-6-7-15)12-25-18(23-2)24-10-4-3-9-19(20,21)22/h5,8,11,15H,3-4,6-7,9-10,12-13H2,1-2H3,(H2,23,24,25). The fourth-order valence-corrected chi connectivity index (χ4v) is 2.49. The van der Waals surface area contributed by atoms with Crippen LogP contribution in [0.2, 0.25) is 0 Å². The minimum Gasteiger partial charge on any atom is -0.493 e. The predicted octanol–water partition coefficient (Wildman–Crippen LogP) is 4.18. The predicted molar refractivity (Wildman–Crippen MR) is 97.5 cm³/mol. The Bertz CT molecular complexity index is 598. The maximum Gasteiger partial charge on any atom is 0.389 e. The molecule has 2 rings (SSSR count). The molecular weight excluding hydrogens is 343 g/mol. The number of aryl methyl sites for hydroxylation is 1. The Morgan fingerprint density at radius 3 is 2.65 bits per heavy atom. The summed E-state index contributed by atoms with van der Waals surface area (Å²) >= 11 is 0. The van der Waals surface area contributed by atoms with Crippen molar-refractivity contribution in [3.05, 3.63) is 29.3 Å². The number of hydrogen-bond donors (Lipinski definition) is 2. The number of unbranched alkanes of at least 4 members (excludes halogenated alkanes) is 1. The van der Waals surface area contributed by atoms with Crippen LogP contribution in [-0.4, -0.2) is 32.3 Å². The third-order valence-electron chi connectivity index (χ3n) is 4.24. The number of guanidine groups is 1. The van der Waals surface area contributed by atoms with E-state index in [4.69, 9.17) is 4.74 Å². The molecule has 0 aliphatic heterocycles. The molecule has 2 N–H and O–H groups in total. The highest BCUT2D eigenvalue weighted by Crippen LogP contribution is 2.30. The van der Waals surface area contributed by atoms with E-state index in [-0.39, 0.29) is 6.42 Å². The second-order valence-electron chi connectivity index (χ2n) is 6.79. The molecule has 146 valence electrons. The van der Waals surface area contributed by atoms with Gasteiger partial charge in [0.1, 0.15) is 5.75 Å². The molecule has 0 radical (unpaired) electrons. The molecule has 4 nitrogen and oxygen atoms in total. The molecule has 1 aromatic rings. The molecule has 1 fully saturated rings. The monoisotopic (exact) mass is 371 g/mol. The zero-order valence-electron chi connectivity index (χ0n) is 15.5. The van der Waals surface area contributed by atoms with Crippen LogP contribution in [0.1, 0.15) is 43.2 Å². The Morgan fingerprint density at radius 2 is 2.00 bits per heavy atom. The molecule has 0 amide bonds. The summed E-state index contributed by atoms with van der Waals surface area (Å²) in [5, 5.41) is 6.24. The Balaban J connectivity index is 1.76. The molecule has 1 aliphatic carbocycles. The number of halogens is 3. The van der Waals surface area contributed by atoms with Crippen LogP contribution in [0.3, 0.4) is 0 Å². The molecule has 0 saturated heterocycles. The molecule has 1 saturated carbocycles. The molecule has 26 heavy (non-hydrogen) atoms. The summed E-state index contributed by atoms with van der Waals surface area (Å²) in [7, 11) is 1.64. The van der Waals surface area contributed by atoms with E-state index in [0.717, 1.165) is 23.5 Å². The van der Waals surface area contributed by atoms with Crippen LogP contribution in [0, 0.1) is 12.8 Å². The number of nitrogens with one attached hydrogen (secondary N) is 2. The molecular formula is C19H28F3N3O. The lowest BCUT2D eigenvalue weighted by atomic mass is 10.1. The van der Waals surface area contributed by atoms with Crippen LogP contribution in [0.15, 0.2) is 23.2 Å². The number of rotatable bonds is 9. The molecule has 1 aromatic carbocycles. The number of alkyl halides is 3. The molecule has 1 aliphatic rings. The van der Waals surface area contributed by atoms with Crippen molar-refractivity contribution < 1.29 is 17.9 Å². The topological polar surface area (TPSA) is 45.7 Å². The summed E-state index contributed by atoms with van der Waals surface area (Å²) in [5.74, 6) is 2.14. The Labute approximate surface area is 153 Å². The Kier molecular flexibility index (Phi) is 7.60. The number of nitrogens with zero attached hydrogens (tertiary/aromatic N) is 1. The number of aliphatic imine (C=N–C) groups is 1. The summed E-state index contributed by atoms with van der Waals surface area (Å²) in [4.78, 5) is 4.11. The molecule has 0 spiro atoms. The molecule has 7 heteroatoms. The zero-order chi connectivity index (χ0) is 19.0. The lowest BCUT2D eigenvalue weighted by molar-refractivity contribution is -0.135. The van der Waals surface area contributed by atoms with Gasteiger partial charge in [0.25, 0.3) is 0 Å². The van der Waals surface area contributed by atoms with Gasteiger partial charge in [0, 0.05) is 32.1 Å². The van der Waals surface area contributed by atoms with Gasteiger partial charge in [-0.15, -0.1) is 0 Å². The van der Waals surface area contributed by atoms with E-state index in [1.807, 2.05) is 25.1 Å². The van der Waals surface area contributed by atoms with Gasteiger partial charge in [0.2, 0.25) is 0 Å². The average Bonchev–Trinajstić information content (AvgIpc) is 3.40. The van der Waals surface area contributed by atoms with Gasteiger partial charge in [-0.1, -0.05) is 12.1 Å². The molecule has 0 heterocycles. The van der Waals surface area contributed by atoms with Crippen molar-refractivity contribution in [3.63, 3.8) is 0 Å². The van der Waals surface area contributed by atoms with E-state index in [0.29, 0.717) is 31.4 Å². The van der Waals surface area contributed by atoms with Crippen molar-refractivity contribution in [3.8, 4) is 5.75 Å². The summed E-state index contributed by atoms with van der Waals surface area (Å²) in [5.41, 5.74) is 2.18. The van der Waals surface area contributed by atoms with Gasteiger partial charge in [-0.25, -0.2) is 0 Å². The average molecular weight is 371 g/mol. The first kappa shape index (κ1) is 20.4. The first-order valence-corrected chi connectivity index (χ1v) is 9.11. The third-order valence-corrected chi connectivity index (χ3v) is 4.24. The molecule has 0 bridgehead atoms. The highest BCUT2D eigenvalue weighted by atomic mass is 19.4. The third kappa shape index (κ3) is 7.97. The summed E-state index contributed by atoms with van der Waals surface area (Å²) < 4.78 is 42.3. The van der Waals surface area contributed by atoms with Crippen LogP contribution in [0.5, 0.6) is 5.75 Å². The van der Waals surface area contributed by atoms with Crippen LogP contribution in [-0.2, 0) is 6.54 Å². The largest absolute Gasteiger partial charge is 0.493 e. The fraction of sp³-hybridized carbons (Fsp3) is 0.632. The van der Waals surface area contributed by atoms with E-state index in [2.05, 4.69) is 15.6 Å². The summed E-state index contributed by atoms with van der Waals surface area (Å²) in [6.45, 7) is 3.78. The van der Waals surface area contributed by atoms with Crippen molar-refractivity contribution in [1.29, 1.82) is 0 Å². The molecule has 0 aromatic heterocycles. The first-order chi connectivity index (χ1) is 12.4. The second-order valence-corrected chi connectivity index (χ2v) is 6.79. The van der Waals surface area contributed by atoms with Crippen LogP contribution in [0.25, 0.3) is 0 Å². The van der Waals surface area contributed by atoms with Gasteiger partial charge in [0.05, 0.1) is 6.61 Å². The van der Waals surface area contributed by atoms with Crippen molar-refractivity contribution in [2.75, 3.05) is 20.2 Å². The van der Waals surface area contributed by atoms with E-state index < -0.39 is 12.6 Å². The number of hydrogen-bond acceptors (Lipinski definition) is 2. The minimum absolute atomic E-state index is 0.116. The van der Waals surface area contributed by atoms with Gasteiger partial charge in [-0.3, -0.25) is 4.99 Å². The first-order valence-electron chi connectivity index (χ1n) is 9.11. The minimum atomic E-state index is -4.08. The smallest absolute Gasteiger partial charge is 0.389 e. The highest BCUT2D eigenvalue weighted by molar-refractivity contribution is 5.79. The second kappa shape index (κ2) is 9.69. The van der Waals surface area contributed by atoms with Crippen molar-refractivity contribution in [2.45, 2.75) is 51.7 Å². The van der Waals surface area contributed by atoms with Crippen molar-refractivity contribution in [1.82, 2.24) is 10.6 Å². The quantitative estimate of drug-likeness (QED) is 0.389. The lowest BCUT2D eigenvalue weighted by Gasteiger charge is -2.15. The maximum atomic E-state index is 12.1. The van der Waals surface area contributed by atoms with Gasteiger partial charge in [-0.05, 0) is 50.2 Å². The Hall–Kier alpha value is -1.92. The van der Waals surface area contributed by atoms with E-state index in [1.165, 1.54) is 12.8 Å². The van der Waals surface area contributed by atoms with E-state index >= 15 is 0 Å².